The molecular formula is C29H27Cl2N3O3. The maximum Gasteiger partial charge on any atom is 0.248 e. The first-order valence-electron chi connectivity index (χ1n) is 11.7. The molecule has 1 heterocycles. The molecule has 0 radical (unpaired) electrons. The molecule has 190 valence electrons. The minimum absolute atomic E-state index is 0.264. The summed E-state index contributed by atoms with van der Waals surface area (Å²) < 4.78 is 13.1. The number of halogens is 2. The smallest absolute Gasteiger partial charge is 0.248 e. The molecule has 0 atom stereocenters. The fraction of sp³-hybridized carbons (Fsp3) is 0.172. The summed E-state index contributed by atoms with van der Waals surface area (Å²) in [6, 6.07) is 20.6. The molecule has 0 fully saturated rings. The zero-order chi connectivity index (χ0) is 26.4. The van der Waals surface area contributed by atoms with Crippen LogP contribution in [-0.4, -0.2) is 22.8 Å². The van der Waals surface area contributed by atoms with Gasteiger partial charge in [0.2, 0.25) is 5.91 Å². The van der Waals surface area contributed by atoms with Gasteiger partial charge in [0.25, 0.3) is 0 Å². The molecule has 0 saturated heterocycles. The zero-order valence-corrected chi connectivity index (χ0v) is 22.3. The van der Waals surface area contributed by atoms with Gasteiger partial charge in [-0.15, -0.1) is 0 Å². The highest BCUT2D eigenvalue weighted by Crippen LogP contribution is 2.28. The lowest BCUT2D eigenvalue weighted by molar-refractivity contribution is -0.111. The molecule has 0 aliphatic rings. The molecule has 0 spiro atoms. The van der Waals surface area contributed by atoms with E-state index in [0.717, 1.165) is 33.9 Å². The highest BCUT2D eigenvalue weighted by molar-refractivity contribution is 6.36. The summed E-state index contributed by atoms with van der Waals surface area (Å²) in [6.07, 6.45) is 3.24. The number of carbonyl (C=O) groups is 1. The Morgan fingerprint density at radius 2 is 1.76 bits per heavy atom. The summed E-state index contributed by atoms with van der Waals surface area (Å²) >= 11 is 12.6. The molecule has 0 saturated carbocycles. The largest absolute Gasteiger partial charge is 0.496 e. The van der Waals surface area contributed by atoms with Gasteiger partial charge in [-0.25, -0.2) is 0 Å². The summed E-state index contributed by atoms with van der Waals surface area (Å²) in [4.78, 5) is 12.8. The number of amides is 1. The standard InChI is InChI=1S/C29H27Cl2N3O3/c1-19-29(20(2)34(33-19)17-24-25(30)10-7-11-26(24)31)32-28(35)15-13-21-12-14-27(36-3)22(16-21)18-37-23-8-5-4-6-9-23/h4-16H,17-18H2,1-3H3,(H,32,35)/b15-13+. The predicted octanol–water partition coefficient (Wildman–Crippen LogP) is 7.09. The number of hydrogen-bond acceptors (Lipinski definition) is 4. The minimum atomic E-state index is -0.264. The van der Waals surface area contributed by atoms with Crippen LogP contribution < -0.4 is 14.8 Å². The molecule has 37 heavy (non-hydrogen) atoms. The minimum Gasteiger partial charge on any atom is -0.496 e. The quantitative estimate of drug-likeness (QED) is 0.232. The summed E-state index contributed by atoms with van der Waals surface area (Å²) in [6.45, 7) is 4.48. The molecule has 6 nitrogen and oxygen atoms in total. The number of nitrogens with zero attached hydrogens (tertiary/aromatic N) is 2. The van der Waals surface area contributed by atoms with Gasteiger partial charge in [0.05, 0.1) is 30.7 Å². The fourth-order valence-electron chi connectivity index (χ4n) is 3.89. The van der Waals surface area contributed by atoms with Crippen molar-refractivity contribution in [3.8, 4) is 11.5 Å². The fourth-order valence-corrected chi connectivity index (χ4v) is 4.41. The predicted molar refractivity (Wildman–Crippen MR) is 149 cm³/mol. The SMILES string of the molecule is COc1ccc(/C=C/C(=O)Nc2c(C)nn(Cc3c(Cl)cccc3Cl)c2C)cc1COc1ccccc1. The van der Waals surface area contributed by atoms with E-state index in [1.165, 1.54) is 6.08 Å². The molecule has 0 bridgehead atoms. The van der Waals surface area contributed by atoms with Crippen molar-refractivity contribution < 1.29 is 14.3 Å². The first kappa shape index (κ1) is 26.3. The van der Waals surface area contributed by atoms with Crippen molar-refractivity contribution >= 4 is 40.9 Å². The Bertz CT molecular complexity index is 1410. The lowest BCUT2D eigenvalue weighted by Gasteiger charge is -2.11. The van der Waals surface area contributed by atoms with Crippen molar-refractivity contribution in [1.82, 2.24) is 9.78 Å². The van der Waals surface area contributed by atoms with E-state index in [1.54, 1.807) is 36.1 Å². The Balaban J connectivity index is 1.45. The number of nitrogens with one attached hydrogen (secondary N) is 1. The van der Waals surface area contributed by atoms with E-state index in [-0.39, 0.29) is 5.91 Å². The number of hydrogen-bond donors (Lipinski definition) is 1. The van der Waals surface area contributed by atoms with Crippen LogP contribution in [0.15, 0.2) is 72.8 Å². The summed E-state index contributed by atoms with van der Waals surface area (Å²) in [7, 11) is 1.62. The van der Waals surface area contributed by atoms with Gasteiger partial charge < -0.3 is 14.8 Å². The average Bonchev–Trinajstić information content (AvgIpc) is 3.16. The van der Waals surface area contributed by atoms with Crippen molar-refractivity contribution in [2.75, 3.05) is 12.4 Å². The third kappa shape index (κ3) is 6.53. The van der Waals surface area contributed by atoms with Crippen LogP contribution >= 0.6 is 23.2 Å². The number of para-hydroxylation sites is 1. The zero-order valence-electron chi connectivity index (χ0n) is 20.8. The number of rotatable bonds is 9. The number of anilines is 1. The lowest BCUT2D eigenvalue weighted by Crippen LogP contribution is -2.10. The number of aryl methyl sites for hydroxylation is 1. The molecule has 0 aliphatic carbocycles. The van der Waals surface area contributed by atoms with Crippen molar-refractivity contribution in [2.24, 2.45) is 0 Å². The Kier molecular flexibility index (Phi) is 8.54. The summed E-state index contributed by atoms with van der Waals surface area (Å²) in [5.74, 6) is 1.22. The Labute approximate surface area is 226 Å². The van der Waals surface area contributed by atoms with E-state index < -0.39 is 0 Å². The van der Waals surface area contributed by atoms with E-state index >= 15 is 0 Å². The second-order valence-electron chi connectivity index (χ2n) is 8.40. The van der Waals surface area contributed by atoms with E-state index in [2.05, 4.69) is 10.4 Å². The molecule has 1 amide bonds. The second-order valence-corrected chi connectivity index (χ2v) is 9.21. The van der Waals surface area contributed by atoms with Crippen LogP contribution in [0.3, 0.4) is 0 Å². The van der Waals surface area contributed by atoms with E-state index in [9.17, 15) is 4.79 Å². The number of carbonyl (C=O) groups excluding carboxylic acids is 1. The van der Waals surface area contributed by atoms with Gasteiger partial charge in [-0.1, -0.05) is 53.5 Å². The van der Waals surface area contributed by atoms with Crippen LogP contribution in [0.4, 0.5) is 5.69 Å². The van der Waals surface area contributed by atoms with Crippen LogP contribution in [0, 0.1) is 13.8 Å². The Hall–Kier alpha value is -3.74. The normalized spacial score (nSPS) is 11.1. The van der Waals surface area contributed by atoms with Crippen molar-refractivity contribution in [1.29, 1.82) is 0 Å². The molecular weight excluding hydrogens is 509 g/mol. The molecule has 4 rings (SSSR count). The molecule has 0 unspecified atom stereocenters. The number of methoxy groups -OCH3 is 1. The van der Waals surface area contributed by atoms with Crippen LogP contribution in [0.2, 0.25) is 10.0 Å². The molecule has 0 aliphatic heterocycles. The average molecular weight is 536 g/mol. The molecule has 4 aromatic rings. The van der Waals surface area contributed by atoms with Crippen LogP contribution in [-0.2, 0) is 17.9 Å². The third-order valence-electron chi connectivity index (χ3n) is 5.87. The maximum atomic E-state index is 12.8. The van der Waals surface area contributed by atoms with Gasteiger partial charge in [-0.05, 0) is 61.9 Å². The van der Waals surface area contributed by atoms with E-state index in [1.807, 2.05) is 62.4 Å². The maximum absolute atomic E-state index is 12.8. The highest BCUT2D eigenvalue weighted by atomic mass is 35.5. The van der Waals surface area contributed by atoms with Crippen LogP contribution in [0.5, 0.6) is 11.5 Å². The van der Waals surface area contributed by atoms with E-state index in [0.29, 0.717) is 34.6 Å². The third-order valence-corrected chi connectivity index (χ3v) is 6.58. The van der Waals surface area contributed by atoms with Gasteiger partial charge in [-0.2, -0.15) is 5.10 Å². The van der Waals surface area contributed by atoms with E-state index in [4.69, 9.17) is 32.7 Å². The molecule has 8 heteroatoms. The van der Waals surface area contributed by atoms with Gasteiger partial charge in [0, 0.05) is 27.2 Å². The van der Waals surface area contributed by atoms with Crippen LogP contribution in [0.25, 0.3) is 6.08 Å². The topological polar surface area (TPSA) is 65.4 Å². The first-order chi connectivity index (χ1) is 17.9. The summed E-state index contributed by atoms with van der Waals surface area (Å²) in [5, 5.41) is 8.65. The number of ether oxygens (including phenoxy) is 2. The van der Waals surface area contributed by atoms with Gasteiger partial charge in [0.15, 0.2) is 0 Å². The Morgan fingerprint density at radius 1 is 1.03 bits per heavy atom. The second kappa shape index (κ2) is 12.0. The molecule has 1 aromatic heterocycles. The Morgan fingerprint density at radius 3 is 2.46 bits per heavy atom. The van der Waals surface area contributed by atoms with Crippen molar-refractivity contribution in [3.05, 3.63) is 111 Å². The van der Waals surface area contributed by atoms with Crippen LogP contribution in [0.1, 0.15) is 28.1 Å². The monoisotopic (exact) mass is 535 g/mol. The molecule has 1 N–H and O–H groups in total. The molecule has 3 aromatic carbocycles. The summed E-state index contributed by atoms with van der Waals surface area (Å²) in [5.41, 5.74) is 4.66. The van der Waals surface area contributed by atoms with Gasteiger partial charge >= 0.3 is 0 Å². The lowest BCUT2D eigenvalue weighted by atomic mass is 10.1. The van der Waals surface area contributed by atoms with Crippen molar-refractivity contribution in [2.45, 2.75) is 27.0 Å². The van der Waals surface area contributed by atoms with Crippen molar-refractivity contribution in [3.63, 3.8) is 0 Å². The first-order valence-corrected chi connectivity index (χ1v) is 12.4. The van der Waals surface area contributed by atoms with Gasteiger partial charge in [0.1, 0.15) is 18.1 Å². The highest BCUT2D eigenvalue weighted by Gasteiger charge is 2.15. The van der Waals surface area contributed by atoms with Gasteiger partial charge in [-0.3, -0.25) is 9.48 Å². The number of aromatic nitrogens is 2. The number of benzene rings is 3.